The van der Waals surface area contributed by atoms with Crippen LogP contribution in [0, 0.1) is 17.8 Å². The molecule has 0 spiro atoms. The van der Waals surface area contributed by atoms with Crippen molar-refractivity contribution in [1.82, 2.24) is 0 Å². The number of para-hydroxylation sites is 1. The summed E-state index contributed by atoms with van der Waals surface area (Å²) >= 11 is 0. The monoisotopic (exact) mass is 339 g/mol. The van der Waals surface area contributed by atoms with Gasteiger partial charge in [-0.15, -0.1) is 0 Å². The molecule has 3 atom stereocenters. The van der Waals surface area contributed by atoms with Crippen LogP contribution in [0.25, 0.3) is 0 Å². The molecule has 0 aliphatic heterocycles. The molecule has 2 aliphatic carbocycles. The molecule has 0 heterocycles. The van der Waals surface area contributed by atoms with E-state index in [-0.39, 0.29) is 17.5 Å². The van der Waals surface area contributed by atoms with Crippen molar-refractivity contribution in [3.63, 3.8) is 0 Å². The number of allylic oxidation sites excluding steroid dienone is 2. The fourth-order valence-corrected chi connectivity index (χ4v) is 3.32. The van der Waals surface area contributed by atoms with Crippen LogP contribution in [0.4, 0.5) is 18.9 Å². The van der Waals surface area contributed by atoms with Crippen molar-refractivity contribution in [2.45, 2.75) is 19.0 Å². The van der Waals surface area contributed by atoms with E-state index in [2.05, 4.69) is 11.4 Å². The Morgan fingerprint density at radius 2 is 1.92 bits per heavy atom. The van der Waals surface area contributed by atoms with E-state index in [1.807, 2.05) is 6.08 Å². The number of fused-ring (bicyclic) bond motifs is 2. The summed E-state index contributed by atoms with van der Waals surface area (Å²) in [6.07, 6.45) is 1.12. The van der Waals surface area contributed by atoms with Gasteiger partial charge in [-0.2, -0.15) is 13.2 Å². The van der Waals surface area contributed by atoms with Gasteiger partial charge in [0.2, 0.25) is 0 Å². The smallest absolute Gasteiger partial charge is 0.418 e. The number of benzene rings is 1. The lowest BCUT2D eigenvalue weighted by molar-refractivity contribution is -0.152. The normalized spacial score (nSPS) is 24.9. The summed E-state index contributed by atoms with van der Waals surface area (Å²) in [5.74, 6) is -0.975. The molecule has 1 aromatic rings. The van der Waals surface area contributed by atoms with E-state index in [0.29, 0.717) is 12.3 Å². The predicted octanol–water partition coefficient (Wildman–Crippen LogP) is 3.40. The highest BCUT2D eigenvalue weighted by atomic mass is 19.4. The summed E-state index contributed by atoms with van der Waals surface area (Å²) in [5, 5.41) is 2.15. The fourth-order valence-electron chi connectivity index (χ4n) is 3.32. The molecule has 2 aliphatic rings. The van der Waals surface area contributed by atoms with Crippen molar-refractivity contribution in [3.05, 3.63) is 42.0 Å². The number of rotatable bonds is 4. The zero-order valence-electron chi connectivity index (χ0n) is 12.7. The number of amides is 1. The van der Waals surface area contributed by atoms with Crippen LogP contribution in [0.5, 0.6) is 0 Å². The summed E-state index contributed by atoms with van der Waals surface area (Å²) in [7, 11) is 0. The first-order chi connectivity index (χ1) is 11.3. The molecule has 4 nitrogen and oxygen atoms in total. The van der Waals surface area contributed by atoms with Gasteiger partial charge in [-0.05, 0) is 36.8 Å². The molecule has 1 saturated carbocycles. The molecule has 1 aromatic carbocycles. The summed E-state index contributed by atoms with van der Waals surface area (Å²) in [5.41, 5.74) is -1.29. The van der Waals surface area contributed by atoms with Gasteiger partial charge in [0.1, 0.15) is 0 Å². The van der Waals surface area contributed by atoms with Crippen LogP contribution in [0.15, 0.2) is 36.4 Å². The second-order valence-electron chi connectivity index (χ2n) is 6.09. The third kappa shape index (κ3) is 3.44. The zero-order valence-corrected chi connectivity index (χ0v) is 12.7. The van der Waals surface area contributed by atoms with Gasteiger partial charge in [-0.3, -0.25) is 9.59 Å². The molecule has 3 rings (SSSR count). The number of esters is 1. The molecule has 7 heteroatoms. The lowest BCUT2D eigenvalue weighted by atomic mass is 9.94. The Morgan fingerprint density at radius 1 is 1.17 bits per heavy atom. The van der Waals surface area contributed by atoms with E-state index in [4.69, 9.17) is 4.74 Å². The Kier molecular flexibility index (Phi) is 4.34. The first kappa shape index (κ1) is 16.5. The molecule has 1 N–H and O–H groups in total. The molecule has 0 unspecified atom stereocenters. The second kappa shape index (κ2) is 6.30. The number of carbonyl (C=O) groups is 2. The third-order valence-electron chi connectivity index (χ3n) is 4.43. The Hall–Kier alpha value is -2.31. The molecule has 0 saturated heterocycles. The van der Waals surface area contributed by atoms with Gasteiger partial charge in [-0.25, -0.2) is 0 Å². The number of nitrogens with one attached hydrogen (secondary N) is 1. The maximum atomic E-state index is 12.9. The van der Waals surface area contributed by atoms with Crippen LogP contribution in [0.2, 0.25) is 0 Å². The largest absolute Gasteiger partial charge is 0.455 e. The molecular weight excluding hydrogens is 323 g/mol. The van der Waals surface area contributed by atoms with Crippen LogP contribution < -0.4 is 5.32 Å². The van der Waals surface area contributed by atoms with Crippen molar-refractivity contribution in [2.75, 3.05) is 11.9 Å². The highest BCUT2D eigenvalue weighted by Crippen LogP contribution is 2.43. The van der Waals surface area contributed by atoms with E-state index in [1.165, 1.54) is 12.1 Å². The minimum atomic E-state index is -4.57. The van der Waals surface area contributed by atoms with Crippen LogP contribution in [0.1, 0.15) is 18.4 Å². The van der Waals surface area contributed by atoms with Gasteiger partial charge in [0.25, 0.3) is 5.91 Å². The van der Waals surface area contributed by atoms with Gasteiger partial charge in [0.05, 0.1) is 17.2 Å². The first-order valence-corrected chi connectivity index (χ1v) is 7.65. The van der Waals surface area contributed by atoms with E-state index in [1.54, 1.807) is 0 Å². The van der Waals surface area contributed by atoms with Crippen LogP contribution in [-0.2, 0) is 20.5 Å². The number of anilines is 1. The van der Waals surface area contributed by atoms with E-state index in [9.17, 15) is 22.8 Å². The molecule has 0 radical (unpaired) electrons. The minimum Gasteiger partial charge on any atom is -0.455 e. The van der Waals surface area contributed by atoms with Crippen molar-refractivity contribution < 1.29 is 27.5 Å². The highest BCUT2D eigenvalue weighted by molar-refractivity contribution is 5.93. The maximum Gasteiger partial charge on any atom is 0.418 e. The number of hydrogen-bond acceptors (Lipinski definition) is 3. The minimum absolute atomic E-state index is 0.150. The third-order valence-corrected chi connectivity index (χ3v) is 4.43. The maximum absolute atomic E-state index is 12.9. The predicted molar refractivity (Wildman–Crippen MR) is 79.9 cm³/mol. The summed E-state index contributed by atoms with van der Waals surface area (Å²) in [6.45, 7) is -0.595. The Morgan fingerprint density at radius 3 is 2.54 bits per heavy atom. The van der Waals surface area contributed by atoms with Crippen molar-refractivity contribution in [2.24, 2.45) is 17.8 Å². The molecule has 1 amide bonds. The quantitative estimate of drug-likeness (QED) is 0.676. The molecule has 128 valence electrons. The van der Waals surface area contributed by atoms with Crippen LogP contribution >= 0.6 is 0 Å². The molecule has 1 fully saturated rings. The van der Waals surface area contributed by atoms with Gasteiger partial charge in [0, 0.05) is 0 Å². The Labute approximate surface area is 136 Å². The summed E-state index contributed by atoms with van der Waals surface area (Å²) in [6, 6.07) is 4.66. The Bertz CT molecular complexity index is 684. The second-order valence-corrected chi connectivity index (χ2v) is 6.09. The summed E-state index contributed by atoms with van der Waals surface area (Å²) in [4.78, 5) is 23.8. The molecular formula is C17H16F3NO3. The van der Waals surface area contributed by atoms with Crippen molar-refractivity contribution in [3.8, 4) is 0 Å². The molecule has 2 bridgehead atoms. The highest BCUT2D eigenvalue weighted by Gasteiger charge is 2.41. The van der Waals surface area contributed by atoms with Gasteiger partial charge in [-0.1, -0.05) is 24.3 Å². The average molecular weight is 339 g/mol. The summed E-state index contributed by atoms with van der Waals surface area (Å²) < 4.78 is 43.6. The standard InChI is InChI=1S/C17H16F3NO3/c18-17(19,20)13-3-1-2-4-14(13)21-15(22)9-24-16(23)12-8-10-5-6-11(12)7-10/h1-6,10-12H,7-9H2,(H,21,22)/t10-,11-,12-/m0/s1. The van der Waals surface area contributed by atoms with Crippen LogP contribution in [0.3, 0.4) is 0 Å². The van der Waals surface area contributed by atoms with Gasteiger partial charge >= 0.3 is 12.1 Å². The van der Waals surface area contributed by atoms with Gasteiger partial charge < -0.3 is 10.1 Å². The van der Waals surface area contributed by atoms with Gasteiger partial charge in [0.15, 0.2) is 6.61 Å². The van der Waals surface area contributed by atoms with E-state index >= 15 is 0 Å². The number of halogens is 3. The number of carbonyl (C=O) groups excluding carboxylic acids is 2. The van der Waals surface area contributed by atoms with Crippen molar-refractivity contribution in [1.29, 1.82) is 0 Å². The average Bonchev–Trinajstić information content (AvgIpc) is 3.15. The van der Waals surface area contributed by atoms with Crippen LogP contribution in [-0.4, -0.2) is 18.5 Å². The number of hydrogen-bond donors (Lipinski definition) is 1. The molecule has 24 heavy (non-hydrogen) atoms. The van der Waals surface area contributed by atoms with E-state index in [0.717, 1.165) is 18.6 Å². The van der Waals surface area contributed by atoms with Crippen molar-refractivity contribution >= 4 is 17.6 Å². The lowest BCUT2D eigenvalue weighted by Gasteiger charge is -2.17. The number of ether oxygens (including phenoxy) is 1. The SMILES string of the molecule is O=C(COC(=O)[C@H]1C[C@H]2C=C[C@H]1C2)Nc1ccccc1C(F)(F)F. The first-order valence-electron chi connectivity index (χ1n) is 7.65. The fraction of sp³-hybridized carbons (Fsp3) is 0.412. The number of alkyl halides is 3. The zero-order chi connectivity index (χ0) is 17.3. The lowest BCUT2D eigenvalue weighted by Crippen LogP contribution is -2.27. The topological polar surface area (TPSA) is 55.4 Å². The Balaban J connectivity index is 1.55. The van der Waals surface area contributed by atoms with E-state index < -0.39 is 30.2 Å². The molecule has 0 aromatic heterocycles.